The van der Waals surface area contributed by atoms with Crippen molar-refractivity contribution >= 4 is 65.6 Å². The van der Waals surface area contributed by atoms with E-state index in [2.05, 4.69) is 112 Å². The molecular weight excluding hydrogens is 516 g/mol. The molecule has 0 bridgehead atoms. The lowest BCUT2D eigenvalue weighted by Crippen LogP contribution is -2.20. The quantitative estimate of drug-likeness (QED) is 0.192. The first-order valence-electron chi connectivity index (χ1n) is 14.7. The Morgan fingerprint density at radius 1 is 0.667 bits per heavy atom. The molecular formula is C38H30N2O2. The molecule has 3 aromatic heterocycles. The third kappa shape index (κ3) is 3.18. The third-order valence-corrected chi connectivity index (χ3v) is 9.24. The predicted octanol–water partition coefficient (Wildman–Crippen LogP) is 10.5. The van der Waals surface area contributed by atoms with E-state index < -0.39 is 0 Å². The summed E-state index contributed by atoms with van der Waals surface area (Å²) in [6, 6.07) is 26.6. The Balaban J connectivity index is 1.39. The van der Waals surface area contributed by atoms with Crippen molar-refractivity contribution in [3.8, 4) is 11.3 Å². The van der Waals surface area contributed by atoms with Gasteiger partial charge in [-0.2, -0.15) is 0 Å². The Morgan fingerprint density at radius 2 is 1.45 bits per heavy atom. The van der Waals surface area contributed by atoms with Crippen LogP contribution in [0.5, 0.6) is 0 Å². The maximum atomic E-state index is 6.58. The number of nitrogens with zero attached hydrogens (tertiary/aromatic N) is 2. The lowest BCUT2D eigenvalue weighted by molar-refractivity contribution is 0.411. The second kappa shape index (κ2) is 7.77. The van der Waals surface area contributed by atoms with Crippen molar-refractivity contribution in [2.75, 3.05) is 0 Å². The van der Waals surface area contributed by atoms with Crippen LogP contribution in [-0.2, 0) is 11.8 Å². The zero-order valence-corrected chi connectivity index (χ0v) is 24.4. The summed E-state index contributed by atoms with van der Waals surface area (Å²) < 4.78 is 13.0. The molecule has 0 fully saturated rings. The highest BCUT2D eigenvalue weighted by Gasteiger charge is 2.36. The van der Waals surface area contributed by atoms with Gasteiger partial charge in [-0.15, -0.1) is 0 Å². The maximum Gasteiger partial charge on any atom is 0.230 e. The molecule has 42 heavy (non-hydrogen) atoms. The largest absolute Gasteiger partial charge is 0.456 e. The second-order valence-corrected chi connectivity index (χ2v) is 13.7. The number of fused-ring (bicyclic) bond motifs is 8. The van der Waals surface area contributed by atoms with Gasteiger partial charge in [-0.3, -0.25) is 0 Å². The molecule has 0 atom stereocenters. The highest BCUT2D eigenvalue weighted by molar-refractivity contribution is 6.18. The van der Waals surface area contributed by atoms with Gasteiger partial charge in [0.2, 0.25) is 5.71 Å². The summed E-state index contributed by atoms with van der Waals surface area (Å²) in [5.74, 6) is 0. The van der Waals surface area contributed by atoms with Crippen molar-refractivity contribution in [2.24, 2.45) is 5.41 Å². The molecule has 0 amide bonds. The maximum absolute atomic E-state index is 6.58. The van der Waals surface area contributed by atoms with Gasteiger partial charge >= 0.3 is 0 Å². The van der Waals surface area contributed by atoms with Gasteiger partial charge in [0.1, 0.15) is 23.1 Å². The van der Waals surface area contributed by atoms with Crippen LogP contribution in [0.4, 0.5) is 0 Å². The van der Waals surface area contributed by atoms with Gasteiger partial charge in [-0.25, -0.2) is 9.97 Å². The lowest BCUT2D eigenvalue weighted by atomic mass is 9.74. The van der Waals surface area contributed by atoms with Gasteiger partial charge in [0.15, 0.2) is 0 Å². The molecule has 4 nitrogen and oxygen atoms in total. The Bertz CT molecular complexity index is 2450. The van der Waals surface area contributed by atoms with Crippen LogP contribution in [-0.4, -0.2) is 9.97 Å². The average molecular weight is 547 g/mol. The molecule has 8 aromatic rings. The van der Waals surface area contributed by atoms with Gasteiger partial charge in [-0.1, -0.05) is 77.1 Å². The minimum absolute atomic E-state index is 0.152. The number of benzene rings is 5. The van der Waals surface area contributed by atoms with E-state index in [4.69, 9.17) is 13.8 Å². The van der Waals surface area contributed by atoms with Crippen LogP contribution in [0.3, 0.4) is 0 Å². The number of furan rings is 2. The van der Waals surface area contributed by atoms with E-state index in [1.54, 1.807) is 6.33 Å². The zero-order chi connectivity index (χ0) is 28.5. The minimum Gasteiger partial charge on any atom is -0.456 e. The normalized spacial score (nSPS) is 14.6. The van der Waals surface area contributed by atoms with E-state index in [0.29, 0.717) is 5.71 Å². The van der Waals surface area contributed by atoms with E-state index in [1.165, 1.54) is 38.2 Å². The van der Waals surface area contributed by atoms with Crippen molar-refractivity contribution in [1.29, 1.82) is 0 Å². The molecule has 0 unspecified atom stereocenters. The molecule has 0 N–H and O–H groups in total. The van der Waals surface area contributed by atoms with Gasteiger partial charge in [0.25, 0.3) is 0 Å². The molecule has 0 radical (unpaired) electrons. The fraction of sp³-hybridized carbons (Fsp3) is 0.211. The van der Waals surface area contributed by atoms with Crippen molar-refractivity contribution in [3.63, 3.8) is 0 Å². The summed E-state index contributed by atoms with van der Waals surface area (Å²) in [4.78, 5) is 9.44. The van der Waals surface area contributed by atoms with Gasteiger partial charge in [-0.05, 0) is 80.4 Å². The minimum atomic E-state index is -0.319. The van der Waals surface area contributed by atoms with Crippen molar-refractivity contribution in [1.82, 2.24) is 9.97 Å². The summed E-state index contributed by atoms with van der Waals surface area (Å²) in [5.41, 5.74) is 8.88. The number of rotatable bonds is 1. The monoisotopic (exact) mass is 546 g/mol. The fourth-order valence-electron chi connectivity index (χ4n) is 7.38. The topological polar surface area (TPSA) is 52.1 Å². The van der Waals surface area contributed by atoms with E-state index in [9.17, 15) is 0 Å². The number of hydrogen-bond donors (Lipinski definition) is 0. The average Bonchev–Trinajstić information content (AvgIpc) is 3.48. The summed E-state index contributed by atoms with van der Waals surface area (Å²) in [6.07, 6.45) is 2.58. The molecule has 3 heterocycles. The van der Waals surface area contributed by atoms with Crippen LogP contribution >= 0.6 is 0 Å². The molecule has 0 aliphatic heterocycles. The van der Waals surface area contributed by atoms with Crippen LogP contribution < -0.4 is 0 Å². The Morgan fingerprint density at radius 3 is 2.31 bits per heavy atom. The standard InChI is InChI=1S/C38H30N2O2/c1-37(2,3)18-20-12-29-33-32(13-20)42-36-34(33)35(39-19-40-36)27-17-31-26(16-28(27)38(29,4)5)25-15-24-22(14-30(25)41-31)11-10-21-8-6-7-9-23(21)24/h6-17,19H,18H2,1-5H3. The molecule has 0 saturated heterocycles. The highest BCUT2D eigenvalue weighted by Crippen LogP contribution is 2.51. The van der Waals surface area contributed by atoms with Crippen LogP contribution in [0.15, 0.2) is 88.0 Å². The molecule has 9 rings (SSSR count). The molecule has 4 heteroatoms. The first-order valence-corrected chi connectivity index (χ1v) is 14.7. The molecule has 1 aliphatic carbocycles. The first-order chi connectivity index (χ1) is 20.2. The number of aromatic nitrogens is 2. The molecule has 0 spiro atoms. The van der Waals surface area contributed by atoms with E-state index in [-0.39, 0.29) is 10.8 Å². The summed E-state index contributed by atoms with van der Waals surface area (Å²) in [6.45, 7) is 11.5. The molecule has 1 aliphatic rings. The zero-order valence-electron chi connectivity index (χ0n) is 24.4. The van der Waals surface area contributed by atoms with E-state index in [0.717, 1.165) is 56.0 Å². The third-order valence-electron chi connectivity index (χ3n) is 9.24. The summed E-state index contributed by atoms with van der Waals surface area (Å²) >= 11 is 0. The smallest absolute Gasteiger partial charge is 0.230 e. The molecule has 5 aromatic carbocycles. The van der Waals surface area contributed by atoms with Crippen molar-refractivity contribution in [2.45, 2.75) is 46.5 Å². The van der Waals surface area contributed by atoms with Gasteiger partial charge in [0, 0.05) is 27.1 Å². The molecule has 0 saturated carbocycles. The summed E-state index contributed by atoms with van der Waals surface area (Å²) in [7, 11) is 0. The van der Waals surface area contributed by atoms with Crippen LogP contribution in [0.2, 0.25) is 0 Å². The Hall–Kier alpha value is -4.70. The van der Waals surface area contributed by atoms with E-state index >= 15 is 0 Å². The van der Waals surface area contributed by atoms with Crippen LogP contribution in [0.1, 0.15) is 51.3 Å². The predicted molar refractivity (Wildman–Crippen MR) is 172 cm³/mol. The van der Waals surface area contributed by atoms with Crippen LogP contribution in [0.25, 0.3) is 76.8 Å². The SMILES string of the molecule is CC(C)(C)Cc1cc2c3c(c1)oc1ncnc(c13)-c1cc3oc4cc5ccc6ccccc6c5cc4c3cc1C2(C)C. The summed E-state index contributed by atoms with van der Waals surface area (Å²) in [5, 5.41) is 9.31. The Kier molecular flexibility index (Phi) is 4.43. The highest BCUT2D eigenvalue weighted by atomic mass is 16.3. The molecule has 204 valence electrons. The van der Waals surface area contributed by atoms with Gasteiger partial charge in [0.05, 0.1) is 11.1 Å². The van der Waals surface area contributed by atoms with Gasteiger partial charge < -0.3 is 8.83 Å². The van der Waals surface area contributed by atoms with Crippen molar-refractivity contribution in [3.05, 3.63) is 95.8 Å². The Labute approximate surface area is 243 Å². The second-order valence-electron chi connectivity index (χ2n) is 13.7. The van der Waals surface area contributed by atoms with Crippen molar-refractivity contribution < 1.29 is 8.83 Å². The van der Waals surface area contributed by atoms with E-state index in [1.807, 2.05) is 0 Å². The van der Waals surface area contributed by atoms with Crippen LogP contribution in [0, 0.1) is 5.41 Å². The first kappa shape index (κ1) is 24.0. The lowest BCUT2D eigenvalue weighted by Gasteiger charge is -2.29. The fourth-order valence-corrected chi connectivity index (χ4v) is 7.38. The number of hydrogen-bond acceptors (Lipinski definition) is 4.